The molecule has 1 aromatic carbocycles. The Kier molecular flexibility index (Phi) is 4.44. The fourth-order valence-electron chi connectivity index (χ4n) is 2.12. The fraction of sp³-hybridized carbons (Fsp3) is 0.400. The Morgan fingerprint density at radius 2 is 2.16 bits per heavy atom. The molecule has 0 atom stereocenters. The van der Waals surface area contributed by atoms with E-state index in [9.17, 15) is 4.79 Å². The third-order valence-corrected chi connectivity index (χ3v) is 3.12. The minimum Gasteiger partial charge on any atom is -0.497 e. The van der Waals surface area contributed by atoms with E-state index in [0.717, 1.165) is 30.5 Å². The lowest BCUT2D eigenvalue weighted by molar-refractivity contribution is -0.141. The molecule has 0 spiro atoms. The Labute approximate surface area is 112 Å². The van der Waals surface area contributed by atoms with E-state index in [2.05, 4.69) is 4.98 Å². The lowest BCUT2D eigenvalue weighted by Crippen LogP contribution is -2.00. The molecule has 0 fully saturated rings. The van der Waals surface area contributed by atoms with E-state index in [-0.39, 0.29) is 5.97 Å². The van der Waals surface area contributed by atoms with Crippen molar-refractivity contribution in [3.05, 3.63) is 30.0 Å². The summed E-state index contributed by atoms with van der Waals surface area (Å²) in [6.07, 6.45) is 4.89. The molecule has 0 aliphatic heterocycles. The number of fused-ring (bicyclic) bond motifs is 1. The molecule has 0 aliphatic carbocycles. The predicted molar refractivity (Wildman–Crippen MR) is 74.4 cm³/mol. The van der Waals surface area contributed by atoms with Crippen LogP contribution in [-0.4, -0.2) is 24.7 Å². The van der Waals surface area contributed by atoms with Gasteiger partial charge >= 0.3 is 5.97 Å². The predicted octanol–water partition coefficient (Wildman–Crippen LogP) is 3.06. The third-order valence-electron chi connectivity index (χ3n) is 3.12. The molecule has 0 saturated heterocycles. The zero-order chi connectivity index (χ0) is 13.7. The van der Waals surface area contributed by atoms with Crippen LogP contribution in [0.1, 0.15) is 25.3 Å². The minimum atomic E-state index is -0.211. The molecular formula is C15H19NO3. The van der Waals surface area contributed by atoms with Gasteiger partial charge in [0.15, 0.2) is 0 Å². The van der Waals surface area contributed by atoms with E-state index in [4.69, 9.17) is 9.47 Å². The van der Waals surface area contributed by atoms with Crippen molar-refractivity contribution in [1.29, 1.82) is 0 Å². The van der Waals surface area contributed by atoms with Crippen molar-refractivity contribution in [3.8, 4) is 5.75 Å². The van der Waals surface area contributed by atoms with Gasteiger partial charge in [0.2, 0.25) is 0 Å². The molecule has 0 aliphatic rings. The first kappa shape index (κ1) is 13.5. The summed E-state index contributed by atoms with van der Waals surface area (Å²) in [5.41, 5.74) is 2.40. The highest BCUT2D eigenvalue weighted by molar-refractivity contribution is 5.84. The normalized spacial score (nSPS) is 10.6. The molecule has 4 nitrogen and oxygen atoms in total. The summed E-state index contributed by atoms with van der Waals surface area (Å²) in [4.78, 5) is 13.9. The maximum atomic E-state index is 10.6. The first-order valence-corrected chi connectivity index (χ1v) is 6.48. The van der Waals surface area contributed by atoms with Crippen LogP contribution in [0.4, 0.5) is 0 Å². The second-order valence-electron chi connectivity index (χ2n) is 4.52. The van der Waals surface area contributed by atoms with E-state index in [0.29, 0.717) is 6.61 Å². The number of hydrogen-bond donors (Lipinski definition) is 1. The number of unbranched alkanes of at least 4 members (excludes halogenated alkanes) is 1. The van der Waals surface area contributed by atoms with Crippen LogP contribution < -0.4 is 4.74 Å². The number of benzene rings is 1. The maximum absolute atomic E-state index is 10.6. The Morgan fingerprint density at radius 1 is 1.32 bits per heavy atom. The molecule has 2 aromatic rings. The summed E-state index contributed by atoms with van der Waals surface area (Å²) in [6, 6.07) is 6.02. The highest BCUT2D eigenvalue weighted by atomic mass is 16.5. The van der Waals surface area contributed by atoms with E-state index >= 15 is 0 Å². The Balaban J connectivity index is 1.94. The average Bonchev–Trinajstić information content (AvgIpc) is 2.80. The molecule has 0 amide bonds. The van der Waals surface area contributed by atoms with E-state index in [1.54, 1.807) is 7.11 Å². The Bertz CT molecular complexity index is 560. The molecule has 1 aromatic heterocycles. The van der Waals surface area contributed by atoms with Crippen molar-refractivity contribution < 1.29 is 14.3 Å². The van der Waals surface area contributed by atoms with Gasteiger partial charge in [0.25, 0.3) is 0 Å². The number of aromatic nitrogens is 1. The molecule has 2 rings (SSSR count). The summed E-state index contributed by atoms with van der Waals surface area (Å²) < 4.78 is 10.2. The number of methoxy groups -OCH3 is 1. The molecule has 4 heteroatoms. The summed E-state index contributed by atoms with van der Waals surface area (Å²) in [5, 5.41) is 1.20. The summed E-state index contributed by atoms with van der Waals surface area (Å²) in [5.74, 6) is 0.657. The number of carbonyl (C=O) groups is 1. The van der Waals surface area contributed by atoms with Gasteiger partial charge < -0.3 is 14.5 Å². The molecule has 0 unspecified atom stereocenters. The van der Waals surface area contributed by atoms with Crippen LogP contribution in [0.3, 0.4) is 0 Å². The van der Waals surface area contributed by atoms with Gasteiger partial charge in [-0.3, -0.25) is 4.79 Å². The minimum absolute atomic E-state index is 0.211. The van der Waals surface area contributed by atoms with E-state index in [1.807, 2.05) is 24.4 Å². The van der Waals surface area contributed by atoms with Crippen LogP contribution in [0.2, 0.25) is 0 Å². The van der Waals surface area contributed by atoms with Crippen LogP contribution in [0.5, 0.6) is 5.75 Å². The first-order chi connectivity index (χ1) is 9.20. The number of aromatic amines is 1. The average molecular weight is 261 g/mol. The monoisotopic (exact) mass is 261 g/mol. The molecule has 0 radical (unpaired) electrons. The van der Waals surface area contributed by atoms with Crippen molar-refractivity contribution in [3.63, 3.8) is 0 Å². The summed E-state index contributed by atoms with van der Waals surface area (Å²) in [6.45, 7) is 1.94. The third kappa shape index (κ3) is 3.50. The Morgan fingerprint density at radius 3 is 2.89 bits per heavy atom. The highest BCUT2D eigenvalue weighted by Crippen LogP contribution is 2.24. The molecule has 1 heterocycles. The second kappa shape index (κ2) is 6.27. The summed E-state index contributed by atoms with van der Waals surface area (Å²) in [7, 11) is 1.67. The van der Waals surface area contributed by atoms with Crippen LogP contribution in [0.25, 0.3) is 10.9 Å². The molecular weight excluding hydrogens is 242 g/mol. The van der Waals surface area contributed by atoms with Gasteiger partial charge in [-0.05, 0) is 43.0 Å². The standard InChI is InChI=1S/C15H19NO3/c1-11(17)19-8-4-3-5-12-10-16-15-7-6-13(18-2)9-14(12)15/h6-7,9-10,16H,3-5,8H2,1-2H3. The zero-order valence-corrected chi connectivity index (χ0v) is 11.4. The van der Waals surface area contributed by atoms with Crippen LogP contribution in [0, 0.1) is 0 Å². The van der Waals surface area contributed by atoms with E-state index < -0.39 is 0 Å². The van der Waals surface area contributed by atoms with Gasteiger partial charge in [0.1, 0.15) is 5.75 Å². The molecule has 19 heavy (non-hydrogen) atoms. The number of nitrogens with one attached hydrogen (secondary N) is 1. The lowest BCUT2D eigenvalue weighted by atomic mass is 10.1. The van der Waals surface area contributed by atoms with Crippen molar-refractivity contribution in [2.45, 2.75) is 26.2 Å². The van der Waals surface area contributed by atoms with Gasteiger partial charge in [-0.25, -0.2) is 0 Å². The number of rotatable bonds is 6. The van der Waals surface area contributed by atoms with Crippen molar-refractivity contribution >= 4 is 16.9 Å². The maximum Gasteiger partial charge on any atom is 0.302 e. The van der Waals surface area contributed by atoms with Gasteiger partial charge in [0, 0.05) is 24.0 Å². The van der Waals surface area contributed by atoms with Gasteiger partial charge in [-0.15, -0.1) is 0 Å². The molecule has 0 saturated carbocycles. The number of aryl methyl sites for hydroxylation is 1. The quantitative estimate of drug-likeness (QED) is 0.642. The highest BCUT2D eigenvalue weighted by Gasteiger charge is 2.05. The van der Waals surface area contributed by atoms with Crippen LogP contribution in [0.15, 0.2) is 24.4 Å². The van der Waals surface area contributed by atoms with Crippen molar-refractivity contribution in [1.82, 2.24) is 4.98 Å². The van der Waals surface area contributed by atoms with Crippen molar-refractivity contribution in [2.24, 2.45) is 0 Å². The number of esters is 1. The zero-order valence-electron chi connectivity index (χ0n) is 11.4. The first-order valence-electron chi connectivity index (χ1n) is 6.48. The summed E-state index contributed by atoms with van der Waals surface area (Å²) >= 11 is 0. The topological polar surface area (TPSA) is 51.3 Å². The van der Waals surface area contributed by atoms with Crippen LogP contribution >= 0.6 is 0 Å². The smallest absolute Gasteiger partial charge is 0.302 e. The van der Waals surface area contributed by atoms with Crippen LogP contribution in [-0.2, 0) is 16.0 Å². The fourth-order valence-corrected chi connectivity index (χ4v) is 2.12. The van der Waals surface area contributed by atoms with Crippen molar-refractivity contribution in [2.75, 3.05) is 13.7 Å². The Hall–Kier alpha value is -1.97. The molecule has 102 valence electrons. The van der Waals surface area contributed by atoms with Gasteiger partial charge in [-0.2, -0.15) is 0 Å². The number of hydrogen-bond acceptors (Lipinski definition) is 3. The largest absolute Gasteiger partial charge is 0.497 e. The second-order valence-corrected chi connectivity index (χ2v) is 4.52. The van der Waals surface area contributed by atoms with Gasteiger partial charge in [-0.1, -0.05) is 0 Å². The molecule has 0 bridgehead atoms. The number of H-pyrrole nitrogens is 1. The SMILES string of the molecule is COc1ccc2[nH]cc(CCCCOC(C)=O)c2c1. The lowest BCUT2D eigenvalue weighted by Gasteiger charge is -2.03. The number of carbonyl (C=O) groups excluding carboxylic acids is 1. The molecule has 1 N–H and O–H groups in total. The van der Waals surface area contributed by atoms with Gasteiger partial charge in [0.05, 0.1) is 13.7 Å². The number of ether oxygens (including phenoxy) is 2. The van der Waals surface area contributed by atoms with E-state index in [1.165, 1.54) is 17.9 Å².